The van der Waals surface area contributed by atoms with Gasteiger partial charge in [0.1, 0.15) is 0 Å². The quantitative estimate of drug-likeness (QED) is 0.0574. The third-order valence-electron chi connectivity index (χ3n) is 8.41. The lowest BCUT2D eigenvalue weighted by molar-refractivity contribution is -0.598. The summed E-state index contributed by atoms with van der Waals surface area (Å²) in [6.07, 6.45) is 0.782. The maximum Gasteiger partial charge on any atom is 0.292 e. The van der Waals surface area contributed by atoms with Crippen LogP contribution in [0.5, 0.6) is 11.5 Å². The molecule has 0 saturated heterocycles. The lowest BCUT2D eigenvalue weighted by Crippen LogP contribution is -2.88. The summed E-state index contributed by atoms with van der Waals surface area (Å²) in [5, 5.41) is 22.7. The summed E-state index contributed by atoms with van der Waals surface area (Å²) in [6.45, 7) is 23.6. The molecule has 2 N–H and O–H groups in total. The molecule has 0 radical (unpaired) electrons. The first-order chi connectivity index (χ1) is 25.5. The Balaban J connectivity index is 5.29. The van der Waals surface area contributed by atoms with Crippen LogP contribution >= 0.6 is 0 Å². The molecule has 0 amide bonds. The Morgan fingerprint density at radius 3 is 1.06 bits per heavy atom. The summed E-state index contributed by atoms with van der Waals surface area (Å²) in [7, 11) is 0. The molecular formula is C39H72O14. The van der Waals surface area contributed by atoms with E-state index in [9.17, 15) is 10.2 Å². The van der Waals surface area contributed by atoms with Crippen molar-refractivity contribution in [2.24, 2.45) is 0 Å². The Hall–Kier alpha value is -1.66. The van der Waals surface area contributed by atoms with Gasteiger partial charge in [0.15, 0.2) is 11.5 Å². The highest BCUT2D eigenvalue weighted by Gasteiger charge is 2.88. The van der Waals surface area contributed by atoms with E-state index >= 15 is 0 Å². The molecule has 0 spiro atoms. The first-order valence-corrected chi connectivity index (χ1v) is 19.7. The van der Waals surface area contributed by atoms with Crippen LogP contribution < -0.4 is 0 Å². The van der Waals surface area contributed by atoms with Gasteiger partial charge >= 0.3 is 0 Å². The third-order valence-corrected chi connectivity index (χ3v) is 8.41. The topological polar surface area (TPSA) is 151 Å². The van der Waals surface area contributed by atoms with Crippen LogP contribution in [-0.4, -0.2) is 118 Å². The zero-order valence-electron chi connectivity index (χ0n) is 34.9. The van der Waals surface area contributed by atoms with Gasteiger partial charge in [0, 0.05) is 85.7 Å². The average Bonchev–Trinajstić information content (AvgIpc) is 3.12. The zero-order chi connectivity index (χ0) is 40.2. The number of ether oxygens (including phenoxy) is 12. The summed E-state index contributed by atoms with van der Waals surface area (Å²) < 4.78 is 82.7. The van der Waals surface area contributed by atoms with Crippen molar-refractivity contribution in [3.05, 3.63) is 23.8 Å². The minimum Gasteiger partial charge on any atom is -0.504 e. The molecule has 0 aliphatic carbocycles. The summed E-state index contributed by atoms with van der Waals surface area (Å²) in [5.74, 6) is -14.6. The molecule has 14 heteroatoms. The Bertz CT molecular complexity index is 1080. The van der Waals surface area contributed by atoms with Gasteiger partial charge in [-0.15, -0.1) is 0 Å². The second kappa shape index (κ2) is 23.4. The number of para-hydroxylation sites is 1. The van der Waals surface area contributed by atoms with Gasteiger partial charge in [-0.2, -0.15) is 0 Å². The molecule has 0 bridgehead atoms. The molecule has 1 aromatic rings. The van der Waals surface area contributed by atoms with Crippen molar-refractivity contribution in [3.8, 4) is 11.5 Å². The van der Waals surface area contributed by atoms with E-state index < -0.39 is 46.2 Å². The van der Waals surface area contributed by atoms with Gasteiger partial charge in [-0.25, -0.2) is 0 Å². The largest absolute Gasteiger partial charge is 0.504 e. The van der Waals surface area contributed by atoms with E-state index in [1.165, 1.54) is 6.07 Å². The lowest BCUT2D eigenvalue weighted by atomic mass is 9.76. The van der Waals surface area contributed by atoms with Crippen molar-refractivity contribution >= 4 is 0 Å². The van der Waals surface area contributed by atoms with Gasteiger partial charge in [-0.3, -0.25) is 0 Å². The standard InChI is InChI=1S/C39H72O14/c1-14-30-34(42-15-2,43-16-3)36(46-19-6,47-20-7)38(50-23-10,51-24-11)39(52-25-12,53-26-13)37(48-21-8,49-22-9)35(44-17-4,45-18-5)31-28-27-29-32(40)33(31)41/h27-29,40-41H,14-26,30H2,1-13H3. The van der Waals surface area contributed by atoms with Crippen molar-refractivity contribution in [1.29, 1.82) is 0 Å². The zero-order valence-corrected chi connectivity index (χ0v) is 34.9. The van der Waals surface area contributed by atoms with E-state index in [1.54, 1.807) is 67.5 Å². The number of phenols is 2. The molecule has 1 rings (SSSR count). The second-order valence-electron chi connectivity index (χ2n) is 11.5. The van der Waals surface area contributed by atoms with Crippen LogP contribution in [0, 0.1) is 0 Å². The van der Waals surface area contributed by atoms with Crippen LogP contribution in [-0.2, 0) is 62.6 Å². The average molecular weight is 765 g/mol. The van der Waals surface area contributed by atoms with Gasteiger partial charge in [0.25, 0.3) is 28.9 Å². The highest BCUT2D eigenvalue weighted by molar-refractivity contribution is 5.48. The van der Waals surface area contributed by atoms with Crippen molar-refractivity contribution < 1.29 is 67.1 Å². The Kier molecular flexibility index (Phi) is 21.8. The number of hydrogen-bond donors (Lipinski definition) is 2. The number of aromatic hydroxyl groups is 2. The molecule has 0 aliphatic rings. The van der Waals surface area contributed by atoms with Gasteiger partial charge in [-0.05, 0) is 95.2 Å². The fourth-order valence-corrected chi connectivity index (χ4v) is 7.35. The Morgan fingerprint density at radius 2 is 0.717 bits per heavy atom. The van der Waals surface area contributed by atoms with Gasteiger partial charge < -0.3 is 67.1 Å². The molecule has 0 atom stereocenters. The maximum absolute atomic E-state index is 11.7. The molecule has 0 unspecified atom stereocenters. The molecule has 0 fully saturated rings. The fraction of sp³-hybridized carbons (Fsp3) is 0.846. The van der Waals surface area contributed by atoms with E-state index in [0.29, 0.717) is 6.42 Å². The molecule has 14 nitrogen and oxygen atoms in total. The van der Waals surface area contributed by atoms with Gasteiger partial charge in [0.05, 0.1) is 5.56 Å². The second-order valence-corrected chi connectivity index (χ2v) is 11.5. The molecular weight excluding hydrogens is 692 g/mol. The summed E-state index contributed by atoms with van der Waals surface area (Å²) in [4.78, 5) is 0. The molecule has 1 aromatic carbocycles. The van der Waals surface area contributed by atoms with Crippen molar-refractivity contribution in [3.63, 3.8) is 0 Å². The highest BCUT2D eigenvalue weighted by atomic mass is 16.9. The first-order valence-electron chi connectivity index (χ1n) is 19.7. The van der Waals surface area contributed by atoms with Crippen molar-refractivity contribution in [2.45, 2.75) is 138 Å². The van der Waals surface area contributed by atoms with Crippen LogP contribution in [0.3, 0.4) is 0 Å². The predicted molar refractivity (Wildman–Crippen MR) is 200 cm³/mol. The summed E-state index contributed by atoms with van der Waals surface area (Å²) >= 11 is 0. The monoisotopic (exact) mass is 764 g/mol. The van der Waals surface area contributed by atoms with Crippen molar-refractivity contribution in [1.82, 2.24) is 0 Å². The van der Waals surface area contributed by atoms with Crippen LogP contribution in [0.15, 0.2) is 18.2 Å². The van der Waals surface area contributed by atoms with E-state index in [4.69, 9.17) is 56.8 Å². The smallest absolute Gasteiger partial charge is 0.292 e. The highest BCUT2D eigenvalue weighted by Crippen LogP contribution is 2.62. The van der Waals surface area contributed by atoms with Crippen LogP contribution in [0.25, 0.3) is 0 Å². The van der Waals surface area contributed by atoms with Gasteiger partial charge in [0.2, 0.25) is 5.79 Å². The summed E-state index contributed by atoms with van der Waals surface area (Å²) in [5.41, 5.74) is -0.0540. The number of phenolic OH excluding ortho intramolecular Hbond substituents is 2. The molecule has 0 aliphatic heterocycles. The fourth-order valence-electron chi connectivity index (χ4n) is 7.35. The maximum atomic E-state index is 11.7. The van der Waals surface area contributed by atoms with E-state index in [1.807, 2.05) is 34.6 Å². The molecule has 53 heavy (non-hydrogen) atoms. The van der Waals surface area contributed by atoms with E-state index in [2.05, 4.69) is 0 Å². The predicted octanol–water partition coefficient (Wildman–Crippen LogP) is 6.97. The number of rotatable bonds is 32. The molecule has 0 saturated carbocycles. The molecule has 0 aromatic heterocycles. The SMILES string of the molecule is CCCC(OCC)(OCC)C(OCC)(OCC)C(OCC)(OCC)C(OCC)(OCC)C(OCC)(OCC)C(OCC)(OCC)c1cccc(O)c1O. The van der Waals surface area contributed by atoms with Crippen LogP contribution in [0.4, 0.5) is 0 Å². The first kappa shape index (κ1) is 49.4. The minimum atomic E-state index is -2.50. The van der Waals surface area contributed by atoms with Crippen LogP contribution in [0.1, 0.15) is 108 Å². The summed E-state index contributed by atoms with van der Waals surface area (Å²) in [6, 6.07) is 4.42. The minimum absolute atomic E-state index is 0.0126. The van der Waals surface area contributed by atoms with Crippen molar-refractivity contribution in [2.75, 3.05) is 79.3 Å². The molecule has 0 heterocycles. The van der Waals surface area contributed by atoms with E-state index in [0.717, 1.165) is 0 Å². The molecule has 312 valence electrons. The Labute approximate surface area is 318 Å². The number of hydrogen-bond acceptors (Lipinski definition) is 14. The van der Waals surface area contributed by atoms with E-state index in [-0.39, 0.29) is 91.3 Å². The van der Waals surface area contributed by atoms with Gasteiger partial charge in [-0.1, -0.05) is 19.4 Å². The van der Waals surface area contributed by atoms with Crippen LogP contribution in [0.2, 0.25) is 0 Å². The Morgan fingerprint density at radius 1 is 0.396 bits per heavy atom. The number of benzene rings is 1. The normalized spacial score (nSPS) is 13.6. The third kappa shape index (κ3) is 8.84. The lowest BCUT2D eigenvalue weighted by Gasteiger charge is -2.65.